The van der Waals surface area contributed by atoms with Crippen molar-refractivity contribution < 1.29 is 56.8 Å². The topological polar surface area (TPSA) is 175 Å². The van der Waals surface area contributed by atoms with Crippen molar-refractivity contribution in [3.63, 3.8) is 0 Å². The minimum absolute atomic E-state index is 0.0538. The van der Waals surface area contributed by atoms with Gasteiger partial charge in [-0.2, -0.15) is 25.3 Å². The number of hydrogen-bond donors (Lipinski definition) is 0. The Morgan fingerprint density at radius 2 is 1.39 bits per heavy atom. The molecule has 1 aliphatic heterocycles. The SMILES string of the molecule is CO[C@H]1O[C@@H](COS(C)(=O)=O)[C@@H](OS(C)(=O)=O)[C@@H](OC(=O)c2ccccc2)[C@H]1OS(C)(=O)=O. The quantitative estimate of drug-likeness (QED) is 0.272. The Bertz CT molecular complexity index is 1130. The van der Waals surface area contributed by atoms with Crippen LogP contribution in [0, 0.1) is 0 Å². The molecule has 0 unspecified atom stereocenters. The largest absolute Gasteiger partial charge is 0.453 e. The molecule has 0 saturated carbocycles. The van der Waals surface area contributed by atoms with Gasteiger partial charge in [0, 0.05) is 7.11 Å². The molecular formula is C17H24O13S3. The molecular weight excluding hydrogens is 508 g/mol. The molecule has 0 spiro atoms. The third kappa shape index (κ3) is 8.90. The molecule has 0 aliphatic carbocycles. The Morgan fingerprint density at radius 3 is 1.88 bits per heavy atom. The van der Waals surface area contributed by atoms with Crippen LogP contribution >= 0.6 is 0 Å². The van der Waals surface area contributed by atoms with Crippen molar-refractivity contribution in [1.29, 1.82) is 0 Å². The Morgan fingerprint density at radius 1 is 0.848 bits per heavy atom. The minimum Gasteiger partial charge on any atom is -0.453 e. The Kier molecular flexibility index (Phi) is 8.97. The first-order valence-electron chi connectivity index (χ1n) is 9.15. The van der Waals surface area contributed by atoms with E-state index in [1.54, 1.807) is 6.07 Å². The number of hydrogen-bond acceptors (Lipinski definition) is 13. The van der Waals surface area contributed by atoms with Gasteiger partial charge in [0.2, 0.25) is 0 Å². The van der Waals surface area contributed by atoms with E-state index in [9.17, 15) is 30.0 Å². The average Bonchev–Trinajstić information content (AvgIpc) is 2.67. The van der Waals surface area contributed by atoms with E-state index in [4.69, 9.17) is 26.8 Å². The van der Waals surface area contributed by atoms with Crippen molar-refractivity contribution >= 4 is 36.3 Å². The molecule has 1 aromatic rings. The summed E-state index contributed by atoms with van der Waals surface area (Å²) in [5.41, 5.74) is 0.0538. The van der Waals surface area contributed by atoms with E-state index in [1.807, 2.05) is 0 Å². The van der Waals surface area contributed by atoms with Crippen molar-refractivity contribution in [2.75, 3.05) is 32.5 Å². The van der Waals surface area contributed by atoms with Crippen LogP contribution in [0.1, 0.15) is 10.4 Å². The average molecular weight is 533 g/mol. The molecule has 13 nitrogen and oxygen atoms in total. The molecule has 0 radical (unpaired) electrons. The van der Waals surface area contributed by atoms with Crippen LogP contribution in [0.25, 0.3) is 0 Å². The summed E-state index contributed by atoms with van der Waals surface area (Å²) in [6.07, 6.45) is -6.10. The number of carbonyl (C=O) groups is 1. The Hall–Kier alpha value is -1.66. The minimum atomic E-state index is -4.26. The summed E-state index contributed by atoms with van der Waals surface area (Å²) in [6.45, 7) is -0.760. The molecule has 1 saturated heterocycles. The number of rotatable bonds is 10. The molecule has 0 N–H and O–H groups in total. The molecule has 0 bridgehead atoms. The summed E-state index contributed by atoms with van der Waals surface area (Å²) in [5, 5.41) is 0. The number of carbonyl (C=O) groups excluding carboxylic acids is 1. The van der Waals surface area contributed by atoms with Gasteiger partial charge in [0.05, 0.1) is 30.9 Å². The fraction of sp³-hybridized carbons (Fsp3) is 0.588. The van der Waals surface area contributed by atoms with Gasteiger partial charge in [0.1, 0.15) is 12.2 Å². The van der Waals surface area contributed by atoms with E-state index >= 15 is 0 Å². The van der Waals surface area contributed by atoms with Crippen molar-refractivity contribution in [2.45, 2.75) is 30.7 Å². The lowest BCUT2D eigenvalue weighted by molar-refractivity contribution is -0.281. The van der Waals surface area contributed by atoms with Gasteiger partial charge in [-0.1, -0.05) is 18.2 Å². The zero-order valence-electron chi connectivity index (χ0n) is 18.0. The second-order valence-corrected chi connectivity index (χ2v) is 11.9. The van der Waals surface area contributed by atoms with Gasteiger partial charge in [-0.15, -0.1) is 0 Å². The van der Waals surface area contributed by atoms with Crippen LogP contribution in [0.3, 0.4) is 0 Å². The van der Waals surface area contributed by atoms with Crippen LogP contribution in [0.15, 0.2) is 30.3 Å². The predicted molar refractivity (Wildman–Crippen MR) is 112 cm³/mol. The van der Waals surface area contributed by atoms with Gasteiger partial charge in [-0.3, -0.25) is 12.5 Å². The molecule has 1 fully saturated rings. The fourth-order valence-electron chi connectivity index (χ4n) is 2.92. The molecule has 16 heteroatoms. The highest BCUT2D eigenvalue weighted by atomic mass is 32.2. The molecule has 1 heterocycles. The highest BCUT2D eigenvalue weighted by Gasteiger charge is 2.53. The standard InChI is InChI=1S/C17H24O13S3/c1-25-17-15(30-33(4,23)24)14(28-16(18)11-8-6-5-7-9-11)13(29-32(3,21)22)12(27-17)10-26-31(2,19)20/h5-9,12-15,17H,10H2,1-4H3/t12-,13+,14+,15+,17-/m0/s1. The van der Waals surface area contributed by atoms with Gasteiger partial charge < -0.3 is 14.2 Å². The van der Waals surface area contributed by atoms with E-state index in [-0.39, 0.29) is 5.56 Å². The van der Waals surface area contributed by atoms with Crippen molar-refractivity contribution in [3.8, 4) is 0 Å². The van der Waals surface area contributed by atoms with Gasteiger partial charge >= 0.3 is 5.97 Å². The number of benzene rings is 1. The van der Waals surface area contributed by atoms with E-state index in [0.29, 0.717) is 12.5 Å². The van der Waals surface area contributed by atoms with E-state index < -0.39 is 73.6 Å². The lowest BCUT2D eigenvalue weighted by Gasteiger charge is -2.43. The van der Waals surface area contributed by atoms with Crippen LogP contribution < -0.4 is 0 Å². The van der Waals surface area contributed by atoms with Gasteiger partial charge in [0.15, 0.2) is 18.5 Å². The second kappa shape index (κ2) is 10.7. The highest BCUT2D eigenvalue weighted by molar-refractivity contribution is 7.86. The lowest BCUT2D eigenvalue weighted by Crippen LogP contribution is -2.62. The number of methoxy groups -OCH3 is 1. The normalized spacial score (nSPS) is 26.6. The summed E-state index contributed by atoms with van der Waals surface area (Å²) in [7, 11) is -11.3. The smallest absolute Gasteiger partial charge is 0.338 e. The Balaban J connectivity index is 2.53. The van der Waals surface area contributed by atoms with Crippen molar-refractivity contribution in [3.05, 3.63) is 35.9 Å². The summed E-state index contributed by atoms with van der Waals surface area (Å²) < 4.78 is 101. The molecule has 0 amide bonds. The molecule has 0 aromatic heterocycles. The molecule has 33 heavy (non-hydrogen) atoms. The lowest BCUT2D eigenvalue weighted by atomic mass is 9.99. The van der Waals surface area contributed by atoms with Crippen molar-refractivity contribution in [2.24, 2.45) is 0 Å². The highest BCUT2D eigenvalue weighted by Crippen LogP contribution is 2.31. The maximum Gasteiger partial charge on any atom is 0.338 e. The van der Waals surface area contributed by atoms with Crippen LogP contribution in [0.5, 0.6) is 0 Å². The Labute approximate surface area is 192 Å². The zero-order valence-corrected chi connectivity index (χ0v) is 20.5. The van der Waals surface area contributed by atoms with E-state index in [0.717, 1.165) is 13.4 Å². The number of ether oxygens (including phenoxy) is 3. The summed E-state index contributed by atoms with van der Waals surface area (Å²) in [4.78, 5) is 12.7. The predicted octanol–water partition coefficient (Wildman–Crippen LogP) is -0.751. The maximum absolute atomic E-state index is 12.7. The second-order valence-electron chi connectivity index (χ2n) is 7.03. The molecule has 5 atom stereocenters. The first-order chi connectivity index (χ1) is 15.1. The van der Waals surface area contributed by atoms with Crippen molar-refractivity contribution in [1.82, 2.24) is 0 Å². The fourth-order valence-corrected chi connectivity index (χ4v) is 4.54. The summed E-state index contributed by atoms with van der Waals surface area (Å²) >= 11 is 0. The summed E-state index contributed by atoms with van der Waals surface area (Å²) in [6, 6.07) is 7.51. The monoisotopic (exact) mass is 532 g/mol. The first kappa shape index (κ1) is 27.6. The van der Waals surface area contributed by atoms with E-state index in [2.05, 4.69) is 0 Å². The molecule has 1 aromatic carbocycles. The van der Waals surface area contributed by atoms with Crippen LogP contribution in [0.4, 0.5) is 0 Å². The summed E-state index contributed by atoms with van der Waals surface area (Å²) in [5.74, 6) is -0.968. The third-order valence-corrected chi connectivity index (χ3v) is 5.80. The van der Waals surface area contributed by atoms with Gasteiger partial charge in [0.25, 0.3) is 30.4 Å². The zero-order chi connectivity index (χ0) is 25.0. The van der Waals surface area contributed by atoms with Gasteiger partial charge in [-0.25, -0.2) is 4.79 Å². The van der Waals surface area contributed by atoms with E-state index in [1.165, 1.54) is 24.3 Å². The molecule has 188 valence electrons. The first-order valence-corrected chi connectivity index (χ1v) is 14.6. The number of esters is 1. The van der Waals surface area contributed by atoms with Gasteiger partial charge in [-0.05, 0) is 12.1 Å². The molecule has 1 aliphatic rings. The van der Waals surface area contributed by atoms with Crippen LogP contribution in [0.2, 0.25) is 0 Å². The maximum atomic E-state index is 12.7. The molecule has 2 rings (SSSR count). The third-order valence-electron chi connectivity index (χ3n) is 4.09. The van der Waals surface area contributed by atoms with Crippen LogP contribution in [-0.4, -0.2) is 94.4 Å². The van der Waals surface area contributed by atoms with Crippen LogP contribution in [-0.2, 0) is 57.1 Å².